The van der Waals surface area contributed by atoms with Gasteiger partial charge < -0.3 is 10.4 Å². The van der Waals surface area contributed by atoms with Gasteiger partial charge in [0, 0.05) is 12.6 Å². The van der Waals surface area contributed by atoms with Crippen molar-refractivity contribution >= 4 is 0 Å². The van der Waals surface area contributed by atoms with Crippen LogP contribution < -0.4 is 5.32 Å². The van der Waals surface area contributed by atoms with Gasteiger partial charge in [0.05, 0.1) is 11.7 Å². The van der Waals surface area contributed by atoms with E-state index in [4.69, 9.17) is 0 Å². The molecule has 1 aromatic carbocycles. The van der Waals surface area contributed by atoms with E-state index in [1.807, 2.05) is 0 Å². The standard InChI is InChI=1S/C16H25F2NO/c1-3-5-8-12(7-4-2)19-11-15(20)16-13(17)9-6-10-14(16)18/h6,9-10,12,15,19-20H,3-5,7-8,11H2,1-2H3. The van der Waals surface area contributed by atoms with E-state index in [1.165, 1.54) is 18.2 Å². The first-order chi connectivity index (χ1) is 9.60. The fraction of sp³-hybridized carbons (Fsp3) is 0.625. The number of halogens is 2. The van der Waals surface area contributed by atoms with E-state index in [-0.39, 0.29) is 12.1 Å². The number of rotatable bonds is 9. The van der Waals surface area contributed by atoms with Gasteiger partial charge in [-0.05, 0) is 25.0 Å². The van der Waals surface area contributed by atoms with Crippen molar-refractivity contribution in [2.75, 3.05) is 6.54 Å². The number of hydrogen-bond donors (Lipinski definition) is 2. The lowest BCUT2D eigenvalue weighted by Crippen LogP contribution is -2.33. The average molecular weight is 285 g/mol. The molecule has 0 radical (unpaired) electrons. The van der Waals surface area contributed by atoms with Crippen molar-refractivity contribution in [1.29, 1.82) is 0 Å². The van der Waals surface area contributed by atoms with Crippen LogP contribution in [0.15, 0.2) is 18.2 Å². The van der Waals surface area contributed by atoms with E-state index in [9.17, 15) is 13.9 Å². The maximum atomic E-state index is 13.5. The number of nitrogens with one attached hydrogen (secondary N) is 1. The lowest BCUT2D eigenvalue weighted by Gasteiger charge is -2.21. The van der Waals surface area contributed by atoms with Crippen molar-refractivity contribution in [2.24, 2.45) is 0 Å². The molecule has 114 valence electrons. The number of aliphatic hydroxyl groups is 1. The Balaban J connectivity index is 2.58. The molecular weight excluding hydrogens is 260 g/mol. The molecule has 0 aliphatic heterocycles. The predicted octanol–water partition coefficient (Wildman–Crippen LogP) is 3.95. The van der Waals surface area contributed by atoms with Crippen LogP contribution in [0.4, 0.5) is 8.78 Å². The fourth-order valence-corrected chi connectivity index (χ4v) is 2.36. The molecule has 2 atom stereocenters. The van der Waals surface area contributed by atoms with Crippen molar-refractivity contribution in [3.63, 3.8) is 0 Å². The third-order valence-electron chi connectivity index (χ3n) is 3.48. The van der Waals surface area contributed by atoms with Gasteiger partial charge in [-0.25, -0.2) is 8.78 Å². The molecule has 0 saturated heterocycles. The normalized spacial score (nSPS) is 14.2. The van der Waals surface area contributed by atoms with Crippen molar-refractivity contribution in [2.45, 2.75) is 58.1 Å². The van der Waals surface area contributed by atoms with Crippen LogP contribution in [-0.2, 0) is 0 Å². The summed E-state index contributed by atoms with van der Waals surface area (Å²) in [4.78, 5) is 0. The highest BCUT2D eigenvalue weighted by molar-refractivity contribution is 5.22. The molecule has 0 spiro atoms. The van der Waals surface area contributed by atoms with E-state index >= 15 is 0 Å². The molecular formula is C16H25F2NO. The van der Waals surface area contributed by atoms with Gasteiger partial charge in [0.15, 0.2) is 0 Å². The van der Waals surface area contributed by atoms with Crippen molar-refractivity contribution in [3.05, 3.63) is 35.4 Å². The highest BCUT2D eigenvalue weighted by atomic mass is 19.1. The maximum absolute atomic E-state index is 13.5. The summed E-state index contributed by atoms with van der Waals surface area (Å²) in [7, 11) is 0. The number of benzene rings is 1. The summed E-state index contributed by atoms with van der Waals surface area (Å²) in [5.74, 6) is -1.39. The van der Waals surface area contributed by atoms with Crippen LogP contribution in [0.5, 0.6) is 0 Å². The van der Waals surface area contributed by atoms with Crippen LogP contribution in [0.1, 0.15) is 57.6 Å². The smallest absolute Gasteiger partial charge is 0.131 e. The van der Waals surface area contributed by atoms with Gasteiger partial charge in [0.2, 0.25) is 0 Å². The largest absolute Gasteiger partial charge is 0.387 e. The topological polar surface area (TPSA) is 32.3 Å². The van der Waals surface area contributed by atoms with E-state index in [2.05, 4.69) is 19.2 Å². The summed E-state index contributed by atoms with van der Waals surface area (Å²) < 4.78 is 27.1. The summed E-state index contributed by atoms with van der Waals surface area (Å²) in [5.41, 5.74) is -0.245. The van der Waals surface area contributed by atoms with Crippen molar-refractivity contribution < 1.29 is 13.9 Å². The molecule has 1 rings (SSSR count). The van der Waals surface area contributed by atoms with Crippen LogP contribution in [0.25, 0.3) is 0 Å². The van der Waals surface area contributed by atoms with Crippen LogP contribution in [0, 0.1) is 11.6 Å². The minimum atomic E-state index is -1.16. The third kappa shape index (κ3) is 5.17. The lowest BCUT2D eigenvalue weighted by molar-refractivity contribution is 0.158. The van der Waals surface area contributed by atoms with Gasteiger partial charge in [-0.3, -0.25) is 0 Å². The molecule has 0 aromatic heterocycles. The van der Waals surface area contributed by atoms with E-state index in [0.717, 1.165) is 32.1 Å². The molecule has 0 saturated carbocycles. The van der Waals surface area contributed by atoms with Gasteiger partial charge >= 0.3 is 0 Å². The van der Waals surface area contributed by atoms with Gasteiger partial charge in [0.25, 0.3) is 0 Å². The first kappa shape index (κ1) is 17.1. The Labute approximate surface area is 120 Å². The Morgan fingerprint density at radius 2 is 1.75 bits per heavy atom. The number of unbranched alkanes of at least 4 members (excludes halogenated alkanes) is 1. The van der Waals surface area contributed by atoms with Crippen molar-refractivity contribution in [1.82, 2.24) is 5.32 Å². The SMILES string of the molecule is CCCCC(CCC)NCC(O)c1c(F)cccc1F. The minimum Gasteiger partial charge on any atom is -0.387 e. The molecule has 2 unspecified atom stereocenters. The Hall–Kier alpha value is -1.00. The Morgan fingerprint density at radius 1 is 1.10 bits per heavy atom. The van der Waals surface area contributed by atoms with Gasteiger partial charge in [-0.1, -0.05) is 39.2 Å². The molecule has 0 heterocycles. The molecule has 2 nitrogen and oxygen atoms in total. The zero-order valence-corrected chi connectivity index (χ0v) is 12.3. The van der Waals surface area contributed by atoms with Crippen LogP contribution in [-0.4, -0.2) is 17.7 Å². The summed E-state index contributed by atoms with van der Waals surface area (Å²) in [6.07, 6.45) is 4.15. The van der Waals surface area contributed by atoms with E-state index in [0.29, 0.717) is 6.04 Å². The Bertz CT molecular complexity index is 378. The van der Waals surface area contributed by atoms with Crippen LogP contribution in [0.3, 0.4) is 0 Å². The zero-order valence-electron chi connectivity index (χ0n) is 12.3. The minimum absolute atomic E-state index is 0.173. The Morgan fingerprint density at radius 3 is 2.30 bits per heavy atom. The predicted molar refractivity (Wildman–Crippen MR) is 77.5 cm³/mol. The lowest BCUT2D eigenvalue weighted by atomic mass is 10.0. The maximum Gasteiger partial charge on any atom is 0.131 e. The molecule has 0 aliphatic carbocycles. The third-order valence-corrected chi connectivity index (χ3v) is 3.48. The molecule has 2 N–H and O–H groups in total. The highest BCUT2D eigenvalue weighted by Crippen LogP contribution is 2.20. The van der Waals surface area contributed by atoms with Crippen LogP contribution in [0.2, 0.25) is 0 Å². The monoisotopic (exact) mass is 285 g/mol. The summed E-state index contributed by atoms with van der Waals surface area (Å²) >= 11 is 0. The first-order valence-corrected chi connectivity index (χ1v) is 7.45. The first-order valence-electron chi connectivity index (χ1n) is 7.45. The second-order valence-corrected chi connectivity index (χ2v) is 5.19. The summed E-state index contributed by atoms with van der Waals surface area (Å²) in [6.45, 7) is 4.41. The average Bonchev–Trinajstić information content (AvgIpc) is 2.41. The molecule has 1 aromatic rings. The molecule has 4 heteroatoms. The summed E-state index contributed by atoms with van der Waals surface area (Å²) in [5, 5.41) is 13.2. The van der Waals surface area contributed by atoms with Gasteiger partial charge in [0.1, 0.15) is 11.6 Å². The second-order valence-electron chi connectivity index (χ2n) is 5.19. The molecule has 0 bridgehead atoms. The fourth-order valence-electron chi connectivity index (χ4n) is 2.36. The summed E-state index contributed by atoms with van der Waals surface area (Å²) in [6, 6.07) is 3.93. The van der Waals surface area contributed by atoms with E-state index < -0.39 is 17.7 Å². The number of hydrogen-bond acceptors (Lipinski definition) is 2. The van der Waals surface area contributed by atoms with Gasteiger partial charge in [-0.15, -0.1) is 0 Å². The number of aliphatic hydroxyl groups excluding tert-OH is 1. The van der Waals surface area contributed by atoms with E-state index in [1.54, 1.807) is 0 Å². The quantitative estimate of drug-likeness (QED) is 0.720. The second kappa shape index (κ2) is 9.03. The zero-order chi connectivity index (χ0) is 15.0. The highest BCUT2D eigenvalue weighted by Gasteiger charge is 2.18. The molecule has 0 aliphatic rings. The van der Waals surface area contributed by atoms with Crippen molar-refractivity contribution in [3.8, 4) is 0 Å². The van der Waals surface area contributed by atoms with Gasteiger partial charge in [-0.2, -0.15) is 0 Å². The Kier molecular flexibility index (Phi) is 7.70. The molecule has 0 amide bonds. The molecule has 20 heavy (non-hydrogen) atoms. The molecule has 0 fully saturated rings. The van der Waals surface area contributed by atoms with Crippen LogP contribution >= 0.6 is 0 Å².